The molecule has 0 bridgehead atoms. The van der Waals surface area contributed by atoms with Crippen molar-refractivity contribution in [1.29, 1.82) is 0 Å². The third kappa shape index (κ3) is 2.05. The van der Waals surface area contributed by atoms with Crippen molar-refractivity contribution in [2.24, 2.45) is 5.92 Å². The van der Waals surface area contributed by atoms with Crippen molar-refractivity contribution in [2.75, 3.05) is 13.1 Å². The van der Waals surface area contributed by atoms with Crippen LogP contribution in [0, 0.1) is 5.92 Å². The summed E-state index contributed by atoms with van der Waals surface area (Å²) in [7, 11) is 0. The van der Waals surface area contributed by atoms with E-state index in [0.29, 0.717) is 13.0 Å². The lowest BCUT2D eigenvalue weighted by Crippen LogP contribution is -2.52. The molecule has 0 aromatic heterocycles. The lowest BCUT2D eigenvalue weighted by molar-refractivity contribution is -0.128. The van der Waals surface area contributed by atoms with Gasteiger partial charge in [0.05, 0.1) is 6.04 Å². The molecule has 2 unspecified atom stereocenters. The van der Waals surface area contributed by atoms with Crippen LogP contribution in [0.3, 0.4) is 0 Å². The highest BCUT2D eigenvalue weighted by molar-refractivity contribution is 5.79. The monoisotopic (exact) mass is 200 g/mol. The minimum Gasteiger partial charge on any atom is -0.350 e. The molecule has 2 atom stereocenters. The van der Waals surface area contributed by atoms with Crippen LogP contribution in [0.1, 0.15) is 25.7 Å². The highest BCUT2D eigenvalue weighted by Crippen LogP contribution is 2.26. The van der Waals surface area contributed by atoms with Gasteiger partial charge in [0.15, 0.2) is 0 Å². The molecule has 2 rings (SSSR count). The number of carbonyl (C=O) groups excluding carboxylic acids is 1. The smallest absolute Gasteiger partial charge is 0.223 e. The standard InChI is InChI=1S/C10H17FN2O/c11-8-6-12-5-4-9(8)13-10(14)7-2-1-3-7/h7-9,12H,1-6H2,(H,13,14). The Hall–Kier alpha value is -0.640. The molecule has 1 amide bonds. The van der Waals surface area contributed by atoms with Gasteiger partial charge in [0, 0.05) is 12.5 Å². The summed E-state index contributed by atoms with van der Waals surface area (Å²) in [6.45, 7) is 1.17. The van der Waals surface area contributed by atoms with Crippen LogP contribution in [-0.2, 0) is 4.79 Å². The Morgan fingerprint density at radius 3 is 2.71 bits per heavy atom. The van der Waals surface area contributed by atoms with Crippen molar-refractivity contribution in [2.45, 2.75) is 37.9 Å². The van der Waals surface area contributed by atoms with E-state index in [1.807, 2.05) is 0 Å². The number of carbonyl (C=O) groups is 1. The molecule has 3 nitrogen and oxygen atoms in total. The van der Waals surface area contributed by atoms with Gasteiger partial charge in [-0.25, -0.2) is 4.39 Å². The van der Waals surface area contributed by atoms with Crippen LogP contribution in [0.4, 0.5) is 4.39 Å². The fraction of sp³-hybridized carbons (Fsp3) is 0.900. The summed E-state index contributed by atoms with van der Waals surface area (Å²) in [5.74, 6) is 0.225. The number of rotatable bonds is 2. The molecule has 2 N–H and O–H groups in total. The summed E-state index contributed by atoms with van der Waals surface area (Å²) < 4.78 is 13.3. The Balaban J connectivity index is 1.79. The maximum Gasteiger partial charge on any atom is 0.223 e. The van der Waals surface area contributed by atoms with Gasteiger partial charge in [-0.15, -0.1) is 0 Å². The highest BCUT2D eigenvalue weighted by atomic mass is 19.1. The summed E-state index contributed by atoms with van der Waals surface area (Å²) in [5, 5.41) is 5.79. The predicted molar refractivity (Wildman–Crippen MR) is 51.7 cm³/mol. The Morgan fingerprint density at radius 1 is 1.36 bits per heavy atom. The minimum absolute atomic E-state index is 0.0609. The molecular weight excluding hydrogens is 183 g/mol. The second kappa shape index (κ2) is 4.26. The van der Waals surface area contributed by atoms with Crippen LogP contribution in [0.5, 0.6) is 0 Å². The number of hydrogen-bond donors (Lipinski definition) is 2. The molecule has 0 aromatic carbocycles. The number of halogens is 1. The first-order chi connectivity index (χ1) is 6.77. The van der Waals surface area contributed by atoms with Crippen molar-refractivity contribution >= 4 is 5.91 Å². The van der Waals surface area contributed by atoms with Crippen LogP contribution >= 0.6 is 0 Å². The minimum atomic E-state index is -0.923. The van der Waals surface area contributed by atoms with Crippen LogP contribution in [0.25, 0.3) is 0 Å². The van der Waals surface area contributed by atoms with Gasteiger partial charge < -0.3 is 10.6 Å². The van der Waals surface area contributed by atoms with E-state index >= 15 is 0 Å². The van der Waals surface area contributed by atoms with Crippen molar-refractivity contribution in [3.63, 3.8) is 0 Å². The fourth-order valence-electron chi connectivity index (χ4n) is 1.95. The molecule has 1 aliphatic heterocycles. The van der Waals surface area contributed by atoms with Crippen LogP contribution in [0.15, 0.2) is 0 Å². The van der Waals surface area contributed by atoms with E-state index in [2.05, 4.69) is 10.6 Å². The summed E-state index contributed by atoms with van der Waals surface area (Å²) in [6, 6.07) is -0.260. The van der Waals surface area contributed by atoms with E-state index in [1.165, 1.54) is 0 Å². The summed E-state index contributed by atoms with van der Waals surface area (Å²) in [4.78, 5) is 11.5. The van der Waals surface area contributed by atoms with E-state index in [-0.39, 0.29) is 17.9 Å². The van der Waals surface area contributed by atoms with E-state index in [1.54, 1.807) is 0 Å². The second-order valence-corrected chi connectivity index (χ2v) is 4.25. The van der Waals surface area contributed by atoms with Crippen molar-refractivity contribution in [3.8, 4) is 0 Å². The van der Waals surface area contributed by atoms with Gasteiger partial charge >= 0.3 is 0 Å². The van der Waals surface area contributed by atoms with E-state index in [9.17, 15) is 9.18 Å². The molecular formula is C10H17FN2O. The van der Waals surface area contributed by atoms with Crippen molar-refractivity contribution in [1.82, 2.24) is 10.6 Å². The summed E-state index contributed by atoms with van der Waals surface area (Å²) in [6.07, 6.45) is 2.89. The van der Waals surface area contributed by atoms with Gasteiger partial charge in [-0.3, -0.25) is 4.79 Å². The Bertz CT molecular complexity index is 218. The Morgan fingerprint density at radius 2 is 2.14 bits per heavy atom. The molecule has 0 radical (unpaired) electrons. The zero-order valence-electron chi connectivity index (χ0n) is 8.26. The first kappa shape index (κ1) is 9.90. The van der Waals surface area contributed by atoms with E-state index < -0.39 is 6.17 Å². The number of hydrogen-bond acceptors (Lipinski definition) is 2. The molecule has 1 heterocycles. The number of alkyl halides is 1. The summed E-state index contributed by atoms with van der Waals surface area (Å²) in [5.41, 5.74) is 0. The number of nitrogens with one attached hydrogen (secondary N) is 2. The molecule has 0 aromatic rings. The van der Waals surface area contributed by atoms with E-state index in [0.717, 1.165) is 25.8 Å². The average Bonchev–Trinajstić information content (AvgIpc) is 2.05. The zero-order valence-corrected chi connectivity index (χ0v) is 8.26. The zero-order chi connectivity index (χ0) is 9.97. The third-order valence-electron chi connectivity index (χ3n) is 3.21. The molecule has 4 heteroatoms. The molecule has 1 aliphatic carbocycles. The molecule has 1 saturated heterocycles. The molecule has 2 aliphatic rings. The predicted octanol–water partition coefficient (Wildman–Crippen LogP) is 0.603. The lowest BCUT2D eigenvalue weighted by atomic mass is 9.84. The van der Waals surface area contributed by atoms with Crippen LogP contribution in [-0.4, -0.2) is 31.2 Å². The highest BCUT2D eigenvalue weighted by Gasteiger charge is 2.30. The van der Waals surface area contributed by atoms with Gasteiger partial charge in [0.2, 0.25) is 5.91 Å². The molecule has 80 valence electrons. The first-order valence-corrected chi connectivity index (χ1v) is 5.42. The van der Waals surface area contributed by atoms with Crippen molar-refractivity contribution in [3.05, 3.63) is 0 Å². The molecule has 1 saturated carbocycles. The van der Waals surface area contributed by atoms with Gasteiger partial charge in [0.1, 0.15) is 6.17 Å². The molecule has 2 fully saturated rings. The summed E-state index contributed by atoms with van der Waals surface area (Å²) >= 11 is 0. The average molecular weight is 200 g/mol. The number of amides is 1. The molecule has 0 spiro atoms. The van der Waals surface area contributed by atoms with Gasteiger partial charge in [-0.2, -0.15) is 0 Å². The van der Waals surface area contributed by atoms with Crippen LogP contribution < -0.4 is 10.6 Å². The van der Waals surface area contributed by atoms with E-state index in [4.69, 9.17) is 0 Å². The largest absolute Gasteiger partial charge is 0.350 e. The molecule has 14 heavy (non-hydrogen) atoms. The second-order valence-electron chi connectivity index (χ2n) is 4.25. The fourth-order valence-corrected chi connectivity index (χ4v) is 1.95. The van der Waals surface area contributed by atoms with Crippen molar-refractivity contribution < 1.29 is 9.18 Å². The number of piperidine rings is 1. The quantitative estimate of drug-likeness (QED) is 0.685. The Labute approximate surface area is 83.4 Å². The lowest BCUT2D eigenvalue weighted by Gasteiger charge is -2.31. The van der Waals surface area contributed by atoms with Crippen LogP contribution in [0.2, 0.25) is 0 Å². The maximum absolute atomic E-state index is 13.3. The normalized spacial score (nSPS) is 33.5. The van der Waals surface area contributed by atoms with Gasteiger partial charge in [-0.1, -0.05) is 6.42 Å². The third-order valence-corrected chi connectivity index (χ3v) is 3.21. The SMILES string of the molecule is O=C(NC1CCNCC1F)C1CCC1. The van der Waals surface area contributed by atoms with Gasteiger partial charge in [0.25, 0.3) is 0 Å². The maximum atomic E-state index is 13.3. The van der Waals surface area contributed by atoms with Gasteiger partial charge in [-0.05, 0) is 25.8 Å². The topological polar surface area (TPSA) is 41.1 Å². The Kier molecular flexibility index (Phi) is 3.01. The first-order valence-electron chi connectivity index (χ1n) is 5.42.